The Morgan fingerprint density at radius 3 is 1.54 bits per heavy atom. The zero-order valence-corrected chi connectivity index (χ0v) is 16.1. The van der Waals surface area contributed by atoms with E-state index in [0.717, 1.165) is 0 Å². The van der Waals surface area contributed by atoms with E-state index in [0.29, 0.717) is 0 Å². The van der Waals surface area contributed by atoms with E-state index in [1.807, 2.05) is 0 Å². The molecule has 0 heterocycles. The van der Waals surface area contributed by atoms with E-state index in [-0.39, 0.29) is 11.0 Å². The molecule has 1 atom stereocenters. The largest absolute Gasteiger partial charge is 0.470 e. The summed E-state index contributed by atoms with van der Waals surface area (Å²) in [4.78, 5) is 62.4. The highest BCUT2D eigenvalue weighted by Gasteiger charge is 2.41. The number of quaternary nitrogens is 1. The fraction of sp³-hybridized carbons (Fsp3) is 1.00. The lowest BCUT2D eigenvalue weighted by molar-refractivity contribution is -0.873. The molecule has 164 valence electrons. The molecule has 0 aliphatic carbocycles. The third-order valence-electron chi connectivity index (χ3n) is 3.13. The van der Waals surface area contributed by atoms with Gasteiger partial charge in [0.25, 0.3) is 15.3 Å². The zero-order chi connectivity index (χ0) is 22.2. The monoisotopic (exact) mass is 437 g/mol. The van der Waals surface area contributed by atoms with Crippen LogP contribution in [0.3, 0.4) is 0 Å². The molecule has 0 radical (unpaired) electrons. The van der Waals surface area contributed by atoms with Gasteiger partial charge in [0.15, 0.2) is 0 Å². The lowest BCUT2D eigenvalue weighted by Crippen LogP contribution is -2.48. The van der Waals surface area contributed by atoms with Crippen LogP contribution in [0.15, 0.2) is 0 Å². The molecule has 0 rings (SSSR count). The Balaban J connectivity index is 5.83. The molecular weight excluding hydrogens is 415 g/mol. The van der Waals surface area contributed by atoms with E-state index in [9.17, 15) is 34.9 Å². The molecule has 0 saturated carbocycles. The van der Waals surface area contributed by atoms with Crippen LogP contribution in [-0.4, -0.2) is 83.1 Å². The minimum absolute atomic E-state index is 0.0811. The van der Waals surface area contributed by atoms with Gasteiger partial charge in [0.05, 0.1) is 21.1 Å². The highest BCUT2D eigenvalue weighted by Crippen LogP contribution is 2.41. The molecule has 0 aromatic heterocycles. The second-order valence-electron chi connectivity index (χ2n) is 6.89. The average molecular weight is 437 g/mol. The summed E-state index contributed by atoms with van der Waals surface area (Å²) in [5.74, 6) is 0. The minimum Gasteiger partial charge on any atom is -0.329 e. The molecular formula is C10H22N4O13P+. The first-order valence-electron chi connectivity index (χ1n) is 7.40. The first kappa shape index (κ1) is 25.7. The summed E-state index contributed by atoms with van der Waals surface area (Å²) in [6.45, 7) is -2.96. The van der Waals surface area contributed by atoms with Crippen molar-refractivity contribution in [3.8, 4) is 0 Å². The summed E-state index contributed by atoms with van der Waals surface area (Å²) in [5, 5.41) is 27.9. The summed E-state index contributed by atoms with van der Waals surface area (Å²) in [7, 11) is -0.148. The van der Waals surface area contributed by atoms with Crippen LogP contribution >= 0.6 is 7.82 Å². The van der Waals surface area contributed by atoms with Crippen molar-refractivity contribution < 1.29 is 53.1 Å². The minimum atomic E-state index is -5.04. The second kappa shape index (κ2) is 10.3. The van der Waals surface area contributed by atoms with E-state index in [4.69, 9.17) is 9.79 Å². The maximum Gasteiger partial charge on any atom is 0.470 e. The Morgan fingerprint density at radius 2 is 1.29 bits per heavy atom. The van der Waals surface area contributed by atoms with E-state index in [2.05, 4.69) is 19.0 Å². The van der Waals surface area contributed by atoms with Crippen molar-refractivity contribution in [3.05, 3.63) is 30.3 Å². The van der Waals surface area contributed by atoms with Crippen molar-refractivity contribution >= 4 is 7.82 Å². The highest BCUT2D eigenvalue weighted by atomic mass is 31.2. The number of likely N-dealkylation sites (N-methyl/N-ethyl adjacent to an activating group) is 1. The molecule has 0 aliphatic rings. The first-order valence-corrected chi connectivity index (χ1v) is 8.93. The fourth-order valence-electron chi connectivity index (χ4n) is 2.29. The van der Waals surface area contributed by atoms with Crippen LogP contribution < -0.4 is 0 Å². The first-order chi connectivity index (χ1) is 12.5. The van der Waals surface area contributed by atoms with Gasteiger partial charge >= 0.3 is 7.82 Å². The topological polar surface area (TPSA) is 224 Å². The van der Waals surface area contributed by atoms with Gasteiger partial charge < -0.3 is 28.8 Å². The van der Waals surface area contributed by atoms with Crippen molar-refractivity contribution in [1.82, 2.24) is 0 Å². The molecule has 2 N–H and O–H groups in total. The Hall–Kier alpha value is -2.33. The maximum atomic E-state index is 11.3. The lowest BCUT2D eigenvalue weighted by Gasteiger charge is -2.36. The second-order valence-corrected chi connectivity index (χ2v) is 8.08. The molecule has 0 saturated heterocycles. The van der Waals surface area contributed by atoms with Crippen LogP contribution in [0.4, 0.5) is 0 Å². The summed E-state index contributed by atoms with van der Waals surface area (Å²) in [6, 6.07) is 0. The number of phosphoric acid groups is 1. The van der Waals surface area contributed by atoms with Crippen molar-refractivity contribution in [1.29, 1.82) is 0 Å². The maximum absolute atomic E-state index is 11.3. The number of phosphoric ester groups is 1. The SMILES string of the molecule is C[N+](C)(C)CC(CC(CO[N+](=O)[O-])(CO[N+](=O)[O-])CO[N+](=O)[O-])OP(=O)(O)O. The van der Waals surface area contributed by atoms with Crippen molar-refractivity contribution in [3.63, 3.8) is 0 Å². The highest BCUT2D eigenvalue weighted by molar-refractivity contribution is 7.46. The van der Waals surface area contributed by atoms with Crippen LogP contribution in [0.25, 0.3) is 0 Å². The van der Waals surface area contributed by atoms with Gasteiger partial charge in [0.1, 0.15) is 32.5 Å². The molecule has 0 bridgehead atoms. The summed E-state index contributed by atoms with van der Waals surface area (Å²) in [5.41, 5.74) is -1.91. The lowest BCUT2D eigenvalue weighted by atomic mass is 9.84. The Bertz CT molecular complexity index is 557. The van der Waals surface area contributed by atoms with Gasteiger partial charge in [-0.15, -0.1) is 30.3 Å². The number of hydrogen-bond donors (Lipinski definition) is 2. The van der Waals surface area contributed by atoms with Gasteiger partial charge in [-0.1, -0.05) is 0 Å². The molecule has 0 aromatic carbocycles. The molecule has 1 unspecified atom stereocenters. The van der Waals surface area contributed by atoms with E-state index < -0.39 is 60.8 Å². The quantitative estimate of drug-likeness (QED) is 0.138. The van der Waals surface area contributed by atoms with Gasteiger partial charge in [0, 0.05) is 5.41 Å². The van der Waals surface area contributed by atoms with E-state index >= 15 is 0 Å². The summed E-state index contributed by atoms with van der Waals surface area (Å²) in [6.07, 6.45) is -1.91. The van der Waals surface area contributed by atoms with Crippen LogP contribution in [-0.2, 0) is 23.6 Å². The van der Waals surface area contributed by atoms with Gasteiger partial charge in [-0.05, 0) is 6.42 Å². The third kappa shape index (κ3) is 12.9. The normalized spacial score (nSPS) is 13.5. The third-order valence-corrected chi connectivity index (χ3v) is 3.70. The molecule has 0 aromatic rings. The van der Waals surface area contributed by atoms with E-state index in [1.165, 1.54) is 0 Å². The predicted molar refractivity (Wildman–Crippen MR) is 85.7 cm³/mol. The number of nitrogens with zero attached hydrogens (tertiary/aromatic N) is 4. The molecule has 18 heteroatoms. The van der Waals surface area contributed by atoms with Gasteiger partial charge in [0.2, 0.25) is 0 Å². The van der Waals surface area contributed by atoms with Crippen LogP contribution in [0.5, 0.6) is 0 Å². The molecule has 0 spiro atoms. The van der Waals surface area contributed by atoms with Crippen LogP contribution in [0.1, 0.15) is 6.42 Å². The Labute approximate surface area is 157 Å². The standard InChI is InChI=1S/C10H21N4O13P/c1-14(2,3)5-9(27-28(21,22)23)4-10(6-24-11(15)16,7-25-12(17)18)8-26-13(19)20/h9H,4-8H2,1-3H3,(H-,21,22,23)/p+1. The van der Waals surface area contributed by atoms with Crippen molar-refractivity contribution in [2.24, 2.45) is 5.41 Å². The Kier molecular flexibility index (Phi) is 9.42. The van der Waals surface area contributed by atoms with Gasteiger partial charge in [-0.3, -0.25) is 4.52 Å². The van der Waals surface area contributed by atoms with E-state index in [1.54, 1.807) is 21.1 Å². The predicted octanol–water partition coefficient (Wildman–Crippen LogP) is -0.828. The fourth-order valence-corrected chi connectivity index (χ4v) is 2.82. The van der Waals surface area contributed by atoms with Gasteiger partial charge in [-0.2, -0.15) is 0 Å². The summed E-state index contributed by atoms with van der Waals surface area (Å²) >= 11 is 0. The molecule has 0 fully saturated rings. The number of rotatable bonds is 15. The molecule has 28 heavy (non-hydrogen) atoms. The molecule has 0 amide bonds. The summed E-state index contributed by atoms with van der Waals surface area (Å²) < 4.78 is 16.0. The van der Waals surface area contributed by atoms with Crippen LogP contribution in [0, 0.1) is 35.8 Å². The molecule has 0 aliphatic heterocycles. The smallest absolute Gasteiger partial charge is 0.329 e. The molecule has 17 nitrogen and oxygen atoms in total. The van der Waals surface area contributed by atoms with Crippen LogP contribution in [0.2, 0.25) is 0 Å². The zero-order valence-electron chi connectivity index (χ0n) is 15.2. The average Bonchev–Trinajstić information content (AvgIpc) is 2.45. The van der Waals surface area contributed by atoms with Crippen molar-refractivity contribution in [2.75, 3.05) is 47.5 Å². The van der Waals surface area contributed by atoms with Gasteiger partial charge in [-0.25, -0.2) is 4.57 Å². The Morgan fingerprint density at radius 1 is 0.929 bits per heavy atom. The number of hydrogen-bond acceptors (Lipinski definition) is 11. The van der Waals surface area contributed by atoms with Crippen molar-refractivity contribution in [2.45, 2.75) is 12.5 Å².